The van der Waals surface area contributed by atoms with Crippen molar-refractivity contribution in [2.24, 2.45) is 0 Å². The zero-order valence-electron chi connectivity index (χ0n) is 20.2. The van der Waals surface area contributed by atoms with Gasteiger partial charge in [-0.15, -0.1) is 13.2 Å². The van der Waals surface area contributed by atoms with Gasteiger partial charge in [0.25, 0.3) is 0 Å². The van der Waals surface area contributed by atoms with Crippen LogP contribution in [0.2, 0.25) is 0 Å². The summed E-state index contributed by atoms with van der Waals surface area (Å²) >= 11 is 0. The molecule has 2 aromatic carbocycles. The van der Waals surface area contributed by atoms with Crippen LogP contribution in [-0.2, 0) is 30.7 Å². The fraction of sp³-hybridized carbons (Fsp3) is 0.400. The number of aliphatic carboxylic acids is 1. The van der Waals surface area contributed by atoms with E-state index in [1.807, 2.05) is 19.1 Å². The van der Waals surface area contributed by atoms with Gasteiger partial charge in [0.05, 0.1) is 6.54 Å². The van der Waals surface area contributed by atoms with Crippen molar-refractivity contribution in [3.8, 4) is 11.5 Å². The van der Waals surface area contributed by atoms with Gasteiger partial charge in [0.1, 0.15) is 17.3 Å². The molecule has 0 saturated heterocycles. The fourth-order valence-electron chi connectivity index (χ4n) is 3.57. The second-order valence-corrected chi connectivity index (χ2v) is 8.71. The Kier molecular flexibility index (Phi) is 8.11. The van der Waals surface area contributed by atoms with Crippen LogP contribution in [-0.4, -0.2) is 37.4 Å². The molecule has 0 saturated carbocycles. The molecule has 194 valence electrons. The average molecular weight is 508 g/mol. The molecule has 0 spiro atoms. The molecule has 3 aromatic rings. The summed E-state index contributed by atoms with van der Waals surface area (Å²) in [4.78, 5) is 24.0. The number of halogens is 3. The smallest absolute Gasteiger partial charge is 0.478 e. The van der Waals surface area contributed by atoms with Gasteiger partial charge >= 0.3 is 18.0 Å². The number of carboxylic acids is 1. The molecule has 1 N–H and O–H groups in total. The zero-order valence-corrected chi connectivity index (χ0v) is 20.2. The number of ether oxygens (including phenoxy) is 2. The van der Waals surface area contributed by atoms with Crippen LogP contribution in [0.25, 0.3) is 0 Å². The van der Waals surface area contributed by atoms with Crippen molar-refractivity contribution in [1.82, 2.24) is 14.3 Å². The summed E-state index contributed by atoms with van der Waals surface area (Å²) in [6.07, 6.45) is -2.77. The molecule has 0 radical (unpaired) electrons. The number of carbonyl (C=O) groups is 1. The van der Waals surface area contributed by atoms with Crippen LogP contribution in [0.15, 0.2) is 53.3 Å². The molecule has 1 heterocycles. The Balaban J connectivity index is 1.61. The predicted octanol–water partition coefficient (Wildman–Crippen LogP) is 4.43. The minimum atomic E-state index is -4.76. The maximum Gasteiger partial charge on any atom is 0.573 e. The van der Waals surface area contributed by atoms with Crippen molar-refractivity contribution in [3.63, 3.8) is 0 Å². The lowest BCUT2D eigenvalue weighted by Crippen LogP contribution is -2.37. The first kappa shape index (κ1) is 26.8. The van der Waals surface area contributed by atoms with Crippen molar-refractivity contribution >= 4 is 5.97 Å². The molecule has 0 aliphatic rings. The third-order valence-corrected chi connectivity index (χ3v) is 5.48. The van der Waals surface area contributed by atoms with Gasteiger partial charge in [0, 0.05) is 13.0 Å². The fourth-order valence-corrected chi connectivity index (χ4v) is 3.57. The lowest BCUT2D eigenvalue weighted by molar-refractivity contribution is -0.274. The number of hydrogen-bond acceptors (Lipinski definition) is 5. The van der Waals surface area contributed by atoms with E-state index in [0.717, 1.165) is 12.0 Å². The molecule has 1 aromatic heterocycles. The van der Waals surface area contributed by atoms with E-state index >= 15 is 0 Å². The molecular formula is C25H28F3N3O5. The molecule has 11 heteroatoms. The number of alkyl halides is 3. The maximum absolute atomic E-state index is 12.7. The third kappa shape index (κ3) is 7.12. The average Bonchev–Trinajstić information content (AvgIpc) is 3.09. The van der Waals surface area contributed by atoms with Crippen LogP contribution in [0.4, 0.5) is 13.2 Å². The summed E-state index contributed by atoms with van der Waals surface area (Å²) in [5, 5.41) is 13.6. The van der Waals surface area contributed by atoms with E-state index in [1.165, 1.54) is 42.8 Å². The molecular weight excluding hydrogens is 479 g/mol. The van der Waals surface area contributed by atoms with E-state index in [0.29, 0.717) is 36.5 Å². The molecule has 8 nitrogen and oxygen atoms in total. The number of rotatable bonds is 11. The van der Waals surface area contributed by atoms with Gasteiger partial charge < -0.3 is 14.6 Å². The van der Waals surface area contributed by atoms with Crippen molar-refractivity contribution in [3.05, 3.63) is 76.0 Å². The van der Waals surface area contributed by atoms with E-state index in [-0.39, 0.29) is 18.0 Å². The van der Waals surface area contributed by atoms with Gasteiger partial charge in [-0.2, -0.15) is 5.10 Å². The Morgan fingerprint density at radius 1 is 0.944 bits per heavy atom. The molecule has 0 fully saturated rings. The van der Waals surface area contributed by atoms with E-state index in [9.17, 15) is 27.9 Å². The highest BCUT2D eigenvalue weighted by molar-refractivity contribution is 5.76. The number of aryl methyl sites for hydroxylation is 2. The standard InChI is InChI=1S/C25H28F3N3O5/c1-4-30-21(7-5-6-17-8-12-19(13-9-17)35-24(2,3)22(32)33)29-31(23(30)34)16-18-10-14-20(15-11-18)36-25(26,27)28/h8-15H,4-7,16H2,1-3H3,(H,32,33). The normalized spacial score (nSPS) is 11.9. The molecule has 0 unspecified atom stereocenters. The first-order chi connectivity index (χ1) is 16.9. The Morgan fingerprint density at radius 2 is 1.50 bits per heavy atom. The highest BCUT2D eigenvalue weighted by Gasteiger charge is 2.31. The zero-order chi connectivity index (χ0) is 26.5. The van der Waals surface area contributed by atoms with E-state index in [4.69, 9.17) is 4.74 Å². The molecule has 3 rings (SSSR count). The van der Waals surface area contributed by atoms with Crippen LogP contribution < -0.4 is 15.2 Å². The van der Waals surface area contributed by atoms with E-state index in [1.54, 1.807) is 16.7 Å². The van der Waals surface area contributed by atoms with E-state index in [2.05, 4.69) is 9.84 Å². The lowest BCUT2D eigenvalue weighted by atomic mass is 10.1. The largest absolute Gasteiger partial charge is 0.573 e. The van der Waals surface area contributed by atoms with Crippen molar-refractivity contribution in [1.29, 1.82) is 0 Å². The van der Waals surface area contributed by atoms with E-state index < -0.39 is 17.9 Å². The number of hydrogen-bond donors (Lipinski definition) is 1. The number of aromatic nitrogens is 3. The molecule has 0 bridgehead atoms. The minimum Gasteiger partial charge on any atom is -0.478 e. The Hall–Kier alpha value is -3.76. The van der Waals surface area contributed by atoms with Crippen LogP contribution in [0, 0.1) is 0 Å². The van der Waals surface area contributed by atoms with Gasteiger partial charge in [-0.25, -0.2) is 14.3 Å². The van der Waals surface area contributed by atoms with Gasteiger partial charge in [0.2, 0.25) is 0 Å². The van der Waals surface area contributed by atoms with Crippen LogP contribution in [0.5, 0.6) is 11.5 Å². The van der Waals surface area contributed by atoms with Crippen molar-refractivity contribution in [2.75, 3.05) is 0 Å². The highest BCUT2D eigenvalue weighted by Crippen LogP contribution is 2.23. The third-order valence-electron chi connectivity index (χ3n) is 5.48. The monoisotopic (exact) mass is 507 g/mol. The summed E-state index contributed by atoms with van der Waals surface area (Å²) in [5.41, 5.74) is 0.0303. The SMILES string of the molecule is CCn1c(CCCc2ccc(OC(C)(C)C(=O)O)cc2)nn(Cc2ccc(OC(F)(F)F)cc2)c1=O. The Labute approximate surface area is 205 Å². The highest BCUT2D eigenvalue weighted by atomic mass is 19.4. The predicted molar refractivity (Wildman–Crippen MR) is 125 cm³/mol. The maximum atomic E-state index is 12.7. The second kappa shape index (κ2) is 10.9. The number of benzene rings is 2. The van der Waals surface area contributed by atoms with Gasteiger partial charge in [-0.1, -0.05) is 24.3 Å². The van der Waals surface area contributed by atoms with Crippen molar-refractivity contribution in [2.45, 2.75) is 65.1 Å². The summed E-state index contributed by atoms with van der Waals surface area (Å²) in [7, 11) is 0. The van der Waals surface area contributed by atoms with Crippen LogP contribution >= 0.6 is 0 Å². The number of carboxylic acid groups (broad SMARTS) is 1. The molecule has 0 amide bonds. The number of nitrogens with zero attached hydrogens (tertiary/aromatic N) is 3. The topological polar surface area (TPSA) is 95.6 Å². The first-order valence-corrected chi connectivity index (χ1v) is 11.4. The summed E-state index contributed by atoms with van der Waals surface area (Å²) < 4.78 is 49.3. The van der Waals surface area contributed by atoms with Gasteiger partial charge in [-0.05, 0) is 69.0 Å². The molecule has 36 heavy (non-hydrogen) atoms. The summed E-state index contributed by atoms with van der Waals surface area (Å²) in [5.74, 6) is -0.297. The Morgan fingerprint density at radius 3 is 2.03 bits per heavy atom. The first-order valence-electron chi connectivity index (χ1n) is 11.4. The van der Waals surface area contributed by atoms with Gasteiger partial charge in [0.15, 0.2) is 5.60 Å². The molecule has 0 atom stereocenters. The van der Waals surface area contributed by atoms with Crippen molar-refractivity contribution < 1.29 is 32.5 Å². The minimum absolute atomic E-state index is 0.124. The summed E-state index contributed by atoms with van der Waals surface area (Å²) in [6, 6.07) is 12.5. The quantitative estimate of drug-likeness (QED) is 0.413. The Bertz CT molecular complexity index is 1230. The van der Waals surface area contributed by atoms with Gasteiger partial charge in [-0.3, -0.25) is 4.57 Å². The molecule has 0 aliphatic heterocycles. The molecule has 0 aliphatic carbocycles. The lowest BCUT2D eigenvalue weighted by Gasteiger charge is -2.21. The van der Waals surface area contributed by atoms with Crippen LogP contribution in [0.3, 0.4) is 0 Å². The second-order valence-electron chi connectivity index (χ2n) is 8.71. The van der Waals surface area contributed by atoms with Crippen LogP contribution in [0.1, 0.15) is 44.1 Å². The summed E-state index contributed by atoms with van der Waals surface area (Å²) in [6.45, 7) is 5.37.